The molecule has 1 aliphatic rings. The van der Waals surface area contributed by atoms with Crippen LogP contribution < -0.4 is 4.90 Å². The van der Waals surface area contributed by atoms with Crippen LogP contribution in [0, 0.1) is 5.92 Å². The van der Waals surface area contributed by atoms with Gasteiger partial charge in [-0.3, -0.25) is 0 Å². The summed E-state index contributed by atoms with van der Waals surface area (Å²) in [6.07, 6.45) is 4.75. The van der Waals surface area contributed by atoms with Crippen LogP contribution in [0.15, 0.2) is 52.3 Å². The van der Waals surface area contributed by atoms with Gasteiger partial charge in [0.2, 0.25) is 0 Å². The summed E-state index contributed by atoms with van der Waals surface area (Å²) in [5, 5.41) is 10.4. The molecule has 0 saturated heterocycles. The molecule has 2 aromatic rings. The lowest BCUT2D eigenvalue weighted by Crippen LogP contribution is -2.42. The molecule has 0 aliphatic carbocycles. The van der Waals surface area contributed by atoms with Gasteiger partial charge >= 0.3 is 0 Å². The molecular weight excluding hydrogens is 390 g/mol. The van der Waals surface area contributed by atoms with Gasteiger partial charge in [-0.05, 0) is 50.6 Å². The molecule has 0 spiro atoms. The van der Waals surface area contributed by atoms with Crippen molar-refractivity contribution in [1.29, 1.82) is 0 Å². The van der Waals surface area contributed by atoms with E-state index in [1.54, 1.807) is 0 Å². The van der Waals surface area contributed by atoms with Gasteiger partial charge in [-0.1, -0.05) is 38.0 Å². The third kappa shape index (κ3) is 3.52. The van der Waals surface area contributed by atoms with E-state index in [2.05, 4.69) is 11.8 Å². The molecule has 0 fully saturated rings. The highest BCUT2D eigenvalue weighted by molar-refractivity contribution is 7.98. The minimum atomic E-state index is -3.64. The largest absolute Gasteiger partial charge is 0.507 e. The predicted octanol–water partition coefficient (Wildman–Crippen LogP) is 5.62. The first-order valence-corrected chi connectivity index (χ1v) is 12.4. The van der Waals surface area contributed by atoms with Gasteiger partial charge in [0.15, 0.2) is 9.84 Å². The molecule has 0 saturated carbocycles. The number of anilines is 2. The number of hydrogen-bond donors (Lipinski definition) is 1. The first-order valence-electron chi connectivity index (χ1n) is 9.72. The topological polar surface area (TPSA) is 57.6 Å². The molecule has 0 aromatic heterocycles. The zero-order chi connectivity index (χ0) is 20.5. The fourth-order valence-electron chi connectivity index (χ4n) is 3.91. The van der Waals surface area contributed by atoms with E-state index >= 15 is 0 Å². The summed E-state index contributed by atoms with van der Waals surface area (Å²) in [4.78, 5) is 3.01. The Balaban J connectivity index is 2.29. The lowest BCUT2D eigenvalue weighted by molar-refractivity contribution is 0.373. The van der Waals surface area contributed by atoms with E-state index in [-0.39, 0.29) is 16.6 Å². The van der Waals surface area contributed by atoms with Crippen molar-refractivity contribution in [3.63, 3.8) is 0 Å². The highest BCUT2D eigenvalue weighted by Crippen LogP contribution is 2.48. The van der Waals surface area contributed by atoms with Crippen LogP contribution in [-0.4, -0.2) is 31.1 Å². The third-order valence-electron chi connectivity index (χ3n) is 5.89. The van der Waals surface area contributed by atoms with Crippen LogP contribution in [-0.2, 0) is 9.84 Å². The number of rotatable bonds is 5. The minimum absolute atomic E-state index is 0.0191. The Hall–Kier alpha value is -1.66. The first kappa shape index (κ1) is 21.1. The summed E-state index contributed by atoms with van der Waals surface area (Å²) >= 11 is 1.42. The van der Waals surface area contributed by atoms with E-state index in [9.17, 15) is 13.5 Å². The monoisotopic (exact) mass is 419 g/mol. The summed E-state index contributed by atoms with van der Waals surface area (Å²) in [5.41, 5.74) is 1.62. The number of nitrogens with zero attached hydrogens (tertiary/aromatic N) is 1. The number of hydrogen-bond acceptors (Lipinski definition) is 5. The van der Waals surface area contributed by atoms with Crippen LogP contribution in [0.25, 0.3) is 0 Å². The number of para-hydroxylation sites is 1. The van der Waals surface area contributed by atoms with Gasteiger partial charge in [0.25, 0.3) is 0 Å². The molecule has 6 heteroatoms. The predicted molar refractivity (Wildman–Crippen MR) is 118 cm³/mol. The lowest BCUT2D eigenvalue weighted by atomic mass is 9.89. The molecule has 0 bridgehead atoms. The van der Waals surface area contributed by atoms with Gasteiger partial charge in [-0.15, -0.1) is 11.8 Å². The van der Waals surface area contributed by atoms with Crippen molar-refractivity contribution >= 4 is 33.0 Å². The number of fused-ring (bicyclic) bond motifs is 1. The zero-order valence-electron chi connectivity index (χ0n) is 17.0. The molecule has 0 amide bonds. The highest BCUT2D eigenvalue weighted by atomic mass is 32.2. The average Bonchev–Trinajstić information content (AvgIpc) is 2.73. The van der Waals surface area contributed by atoms with E-state index in [1.807, 2.05) is 56.5 Å². The molecule has 1 unspecified atom stereocenters. The normalized spacial score (nSPS) is 20.4. The first-order chi connectivity index (χ1) is 13.2. The smallest absolute Gasteiger partial charge is 0.186 e. The number of benzene rings is 2. The summed E-state index contributed by atoms with van der Waals surface area (Å²) in [5.74, 6) is -0.00410. The van der Waals surface area contributed by atoms with Gasteiger partial charge < -0.3 is 10.0 Å². The third-order valence-corrected chi connectivity index (χ3v) is 9.28. The number of phenols is 1. The molecule has 1 heterocycles. The standard InChI is InChI=1S/C22H29NO3S2/c1-5-6-10-16-15-23(17-11-8-7-9-12-17)18-13-20(27-4)19(24)14-21(18)28(25,26)22(16,2)3/h7-9,11-14,16,24H,5-6,10,15H2,1-4H3. The Morgan fingerprint density at radius 2 is 1.89 bits per heavy atom. The van der Waals surface area contributed by atoms with Crippen molar-refractivity contribution in [2.45, 2.75) is 54.6 Å². The van der Waals surface area contributed by atoms with Crippen LogP contribution >= 0.6 is 11.8 Å². The Morgan fingerprint density at radius 3 is 2.50 bits per heavy atom. The van der Waals surface area contributed by atoms with Crippen molar-refractivity contribution in [3.8, 4) is 5.75 Å². The second-order valence-corrected chi connectivity index (χ2v) is 11.2. The van der Waals surface area contributed by atoms with Gasteiger partial charge in [-0.2, -0.15) is 0 Å². The van der Waals surface area contributed by atoms with E-state index in [1.165, 1.54) is 17.8 Å². The SMILES string of the molecule is CCCCC1CN(c2ccccc2)c2cc(SC)c(O)cc2S(=O)(=O)C1(C)C. The average molecular weight is 420 g/mol. The molecule has 152 valence electrons. The summed E-state index contributed by atoms with van der Waals surface area (Å²) in [6, 6.07) is 13.2. The van der Waals surface area contributed by atoms with Crippen molar-refractivity contribution in [1.82, 2.24) is 0 Å². The number of thioether (sulfide) groups is 1. The van der Waals surface area contributed by atoms with E-state index in [0.29, 0.717) is 17.1 Å². The molecule has 1 N–H and O–H groups in total. The summed E-state index contributed by atoms with van der Waals surface area (Å²) < 4.78 is 26.5. The Bertz CT molecular complexity index is 940. The van der Waals surface area contributed by atoms with Crippen LogP contribution in [0.5, 0.6) is 5.75 Å². The van der Waals surface area contributed by atoms with Gasteiger partial charge in [0.1, 0.15) is 5.75 Å². The number of unbranched alkanes of at least 4 members (excludes halogenated alkanes) is 1. The maximum absolute atomic E-state index is 13.7. The van der Waals surface area contributed by atoms with Crippen molar-refractivity contribution in [2.24, 2.45) is 5.92 Å². The molecular formula is C22H29NO3S2. The zero-order valence-corrected chi connectivity index (χ0v) is 18.6. The Kier molecular flexibility index (Phi) is 6.01. The number of sulfone groups is 1. The molecule has 0 radical (unpaired) electrons. The van der Waals surface area contributed by atoms with Gasteiger partial charge in [-0.25, -0.2) is 8.42 Å². The second kappa shape index (κ2) is 7.99. The van der Waals surface area contributed by atoms with Crippen LogP contribution in [0.1, 0.15) is 40.0 Å². The van der Waals surface area contributed by atoms with Crippen molar-refractivity contribution in [2.75, 3.05) is 17.7 Å². The summed E-state index contributed by atoms with van der Waals surface area (Å²) in [6.45, 7) is 6.42. The second-order valence-electron chi connectivity index (χ2n) is 7.88. The van der Waals surface area contributed by atoms with E-state index < -0.39 is 14.6 Å². The maximum Gasteiger partial charge on any atom is 0.186 e. The van der Waals surface area contributed by atoms with Crippen LogP contribution in [0.2, 0.25) is 0 Å². The minimum Gasteiger partial charge on any atom is -0.507 e. The molecule has 3 rings (SSSR count). The number of phenolic OH excluding ortho intramolecular Hbond substituents is 1. The number of aromatic hydroxyl groups is 1. The Labute approximate surface area is 172 Å². The van der Waals surface area contributed by atoms with Crippen LogP contribution in [0.4, 0.5) is 11.4 Å². The van der Waals surface area contributed by atoms with Crippen molar-refractivity contribution < 1.29 is 13.5 Å². The fourth-order valence-corrected chi connectivity index (χ4v) is 6.32. The molecule has 2 aromatic carbocycles. The quantitative estimate of drug-likeness (QED) is 0.637. The highest BCUT2D eigenvalue weighted by Gasteiger charge is 2.47. The molecule has 4 nitrogen and oxygen atoms in total. The van der Waals surface area contributed by atoms with Crippen molar-refractivity contribution in [3.05, 3.63) is 42.5 Å². The molecule has 28 heavy (non-hydrogen) atoms. The molecule has 1 atom stereocenters. The summed E-state index contributed by atoms with van der Waals surface area (Å²) in [7, 11) is -3.64. The molecule has 1 aliphatic heterocycles. The fraction of sp³-hybridized carbons (Fsp3) is 0.455. The van der Waals surface area contributed by atoms with E-state index in [0.717, 1.165) is 24.9 Å². The maximum atomic E-state index is 13.7. The Morgan fingerprint density at radius 1 is 1.21 bits per heavy atom. The van der Waals surface area contributed by atoms with Crippen LogP contribution in [0.3, 0.4) is 0 Å². The van der Waals surface area contributed by atoms with E-state index in [4.69, 9.17) is 0 Å². The lowest BCUT2D eigenvalue weighted by Gasteiger charge is -2.34. The van der Waals surface area contributed by atoms with Gasteiger partial charge in [0, 0.05) is 18.3 Å². The van der Waals surface area contributed by atoms with Gasteiger partial charge in [0.05, 0.1) is 20.2 Å².